The highest BCUT2D eigenvalue weighted by molar-refractivity contribution is 6.33. The lowest BCUT2D eigenvalue weighted by molar-refractivity contribution is 0.247. The van der Waals surface area contributed by atoms with Crippen LogP contribution in [0.3, 0.4) is 0 Å². The largest absolute Gasteiger partial charge is 0.481 e. The number of amides is 2. The SMILES string of the molecule is COc1ccc(C(NC(=O)Nc2c(F)cc(C)cc2Cl)C2CC2)cn1. The van der Waals surface area contributed by atoms with Crippen molar-refractivity contribution in [2.45, 2.75) is 25.8 Å². The molecule has 1 aromatic heterocycles. The Bertz CT molecular complexity index is 755. The Kier molecular flexibility index (Phi) is 5.08. The third-order valence-electron chi connectivity index (χ3n) is 4.13. The molecule has 1 fully saturated rings. The van der Waals surface area contributed by atoms with Crippen LogP contribution in [0.4, 0.5) is 14.9 Å². The van der Waals surface area contributed by atoms with Crippen molar-refractivity contribution in [2.75, 3.05) is 12.4 Å². The number of methoxy groups -OCH3 is 1. The standard InChI is InChI=1S/C18H19ClFN3O2/c1-10-7-13(19)17(14(20)8-10)23-18(24)22-16(11-3-4-11)12-5-6-15(25-2)21-9-12/h5-9,11,16H,3-4H2,1-2H3,(H2,22,23,24). The van der Waals surface area contributed by atoms with E-state index in [0.29, 0.717) is 17.4 Å². The van der Waals surface area contributed by atoms with Crippen LogP contribution >= 0.6 is 11.6 Å². The van der Waals surface area contributed by atoms with E-state index in [0.717, 1.165) is 18.4 Å². The van der Waals surface area contributed by atoms with E-state index in [-0.39, 0.29) is 16.8 Å². The molecule has 5 nitrogen and oxygen atoms in total. The van der Waals surface area contributed by atoms with Crippen molar-refractivity contribution in [1.29, 1.82) is 0 Å². The number of benzene rings is 1. The lowest BCUT2D eigenvalue weighted by atomic mass is 10.0. The van der Waals surface area contributed by atoms with Gasteiger partial charge in [-0.1, -0.05) is 17.7 Å². The highest BCUT2D eigenvalue weighted by Gasteiger charge is 2.34. The van der Waals surface area contributed by atoms with Crippen molar-refractivity contribution >= 4 is 23.3 Å². The first kappa shape index (κ1) is 17.5. The van der Waals surface area contributed by atoms with E-state index < -0.39 is 11.8 Å². The zero-order valence-electron chi connectivity index (χ0n) is 14.0. The number of hydrogen-bond acceptors (Lipinski definition) is 3. The predicted molar refractivity (Wildman–Crippen MR) is 94.6 cm³/mol. The number of nitrogens with zero attached hydrogens (tertiary/aromatic N) is 1. The molecule has 1 saturated carbocycles. The van der Waals surface area contributed by atoms with Gasteiger partial charge in [0.1, 0.15) is 5.82 Å². The van der Waals surface area contributed by atoms with Crippen LogP contribution in [0.15, 0.2) is 30.5 Å². The molecule has 25 heavy (non-hydrogen) atoms. The Labute approximate surface area is 150 Å². The number of halogens is 2. The maximum atomic E-state index is 14.0. The van der Waals surface area contributed by atoms with Crippen LogP contribution in [0.2, 0.25) is 5.02 Å². The first-order chi connectivity index (χ1) is 12.0. The third-order valence-corrected chi connectivity index (χ3v) is 4.43. The Morgan fingerprint density at radius 2 is 2.16 bits per heavy atom. The van der Waals surface area contributed by atoms with Crippen molar-refractivity contribution in [2.24, 2.45) is 5.92 Å². The molecular formula is C18H19ClFN3O2. The van der Waals surface area contributed by atoms with Crippen LogP contribution in [0.5, 0.6) is 5.88 Å². The Morgan fingerprint density at radius 3 is 2.72 bits per heavy atom. The summed E-state index contributed by atoms with van der Waals surface area (Å²) < 4.78 is 19.1. The summed E-state index contributed by atoms with van der Waals surface area (Å²) in [7, 11) is 1.55. The summed E-state index contributed by atoms with van der Waals surface area (Å²) in [6, 6.07) is 5.86. The van der Waals surface area contributed by atoms with Crippen LogP contribution in [-0.2, 0) is 0 Å². The fourth-order valence-corrected chi connectivity index (χ4v) is 3.02. The summed E-state index contributed by atoms with van der Waals surface area (Å²) in [6.45, 7) is 1.73. The first-order valence-corrected chi connectivity index (χ1v) is 8.39. The number of nitrogens with one attached hydrogen (secondary N) is 2. The van der Waals surface area contributed by atoms with Crippen molar-refractivity contribution < 1.29 is 13.9 Å². The van der Waals surface area contributed by atoms with Crippen molar-refractivity contribution in [1.82, 2.24) is 10.3 Å². The summed E-state index contributed by atoms with van der Waals surface area (Å²) in [5.41, 5.74) is 1.55. The molecule has 1 heterocycles. The molecule has 3 rings (SSSR count). The van der Waals surface area contributed by atoms with Gasteiger partial charge in [-0.05, 0) is 48.9 Å². The number of urea groups is 1. The van der Waals surface area contributed by atoms with Crippen LogP contribution in [0.1, 0.15) is 30.0 Å². The van der Waals surface area contributed by atoms with Gasteiger partial charge in [-0.3, -0.25) is 0 Å². The summed E-state index contributed by atoms with van der Waals surface area (Å²) in [5.74, 6) is 0.296. The molecule has 0 radical (unpaired) electrons. The quantitative estimate of drug-likeness (QED) is 0.824. The topological polar surface area (TPSA) is 63.2 Å². The number of pyridine rings is 1. The molecule has 0 saturated heterocycles. The van der Waals surface area contributed by atoms with Gasteiger partial charge in [0.05, 0.1) is 23.9 Å². The van der Waals surface area contributed by atoms with E-state index >= 15 is 0 Å². The van der Waals surface area contributed by atoms with Crippen molar-refractivity contribution in [3.8, 4) is 5.88 Å². The molecule has 2 N–H and O–H groups in total. The second-order valence-corrected chi connectivity index (χ2v) is 6.56. The minimum Gasteiger partial charge on any atom is -0.481 e. The molecule has 0 aliphatic heterocycles. The number of rotatable bonds is 5. The van der Waals surface area contributed by atoms with Gasteiger partial charge in [0.2, 0.25) is 5.88 Å². The summed E-state index contributed by atoms with van der Waals surface area (Å²) in [6.07, 6.45) is 3.73. The molecule has 132 valence electrons. The van der Waals surface area contributed by atoms with Crippen LogP contribution in [0, 0.1) is 18.7 Å². The number of hydrogen-bond donors (Lipinski definition) is 2. The summed E-state index contributed by atoms with van der Waals surface area (Å²) in [5, 5.41) is 5.57. The van der Waals surface area contributed by atoms with Gasteiger partial charge >= 0.3 is 6.03 Å². The van der Waals surface area contributed by atoms with Gasteiger partial charge in [0, 0.05) is 12.3 Å². The fourth-order valence-electron chi connectivity index (χ4n) is 2.71. The highest BCUT2D eigenvalue weighted by Crippen LogP contribution is 2.41. The third kappa shape index (κ3) is 4.20. The monoisotopic (exact) mass is 363 g/mol. The number of ether oxygens (including phenoxy) is 1. The molecule has 0 bridgehead atoms. The smallest absolute Gasteiger partial charge is 0.319 e. The Hall–Kier alpha value is -2.34. The Balaban J connectivity index is 1.73. The van der Waals surface area contributed by atoms with Crippen LogP contribution in [-0.4, -0.2) is 18.1 Å². The van der Waals surface area contributed by atoms with Gasteiger partial charge in [0.15, 0.2) is 0 Å². The molecule has 1 aliphatic carbocycles. The molecule has 0 spiro atoms. The molecule has 1 unspecified atom stereocenters. The lowest BCUT2D eigenvalue weighted by Gasteiger charge is -2.19. The normalized spacial score (nSPS) is 14.7. The van der Waals surface area contributed by atoms with Gasteiger partial charge in [0.25, 0.3) is 0 Å². The van der Waals surface area contributed by atoms with E-state index in [2.05, 4.69) is 15.6 Å². The Morgan fingerprint density at radius 1 is 1.40 bits per heavy atom. The zero-order valence-corrected chi connectivity index (χ0v) is 14.7. The maximum absolute atomic E-state index is 14.0. The number of aromatic nitrogens is 1. The second-order valence-electron chi connectivity index (χ2n) is 6.15. The average Bonchev–Trinajstić information content (AvgIpc) is 3.41. The van der Waals surface area contributed by atoms with Crippen LogP contribution < -0.4 is 15.4 Å². The second kappa shape index (κ2) is 7.27. The average molecular weight is 364 g/mol. The molecule has 2 amide bonds. The fraction of sp³-hybridized carbons (Fsp3) is 0.333. The van der Waals surface area contributed by atoms with E-state index in [1.807, 2.05) is 6.07 Å². The summed E-state index contributed by atoms with van der Waals surface area (Å²) >= 11 is 6.03. The lowest BCUT2D eigenvalue weighted by Crippen LogP contribution is -2.34. The number of anilines is 1. The molecular weight excluding hydrogens is 345 g/mol. The first-order valence-electron chi connectivity index (χ1n) is 8.01. The van der Waals surface area contributed by atoms with Crippen LogP contribution in [0.25, 0.3) is 0 Å². The van der Waals surface area contributed by atoms with E-state index in [1.54, 1.807) is 32.4 Å². The van der Waals surface area contributed by atoms with Gasteiger partial charge in [-0.25, -0.2) is 14.2 Å². The van der Waals surface area contributed by atoms with Gasteiger partial charge in [-0.15, -0.1) is 0 Å². The van der Waals surface area contributed by atoms with Gasteiger partial charge in [-0.2, -0.15) is 0 Å². The number of aryl methyl sites for hydroxylation is 1. The predicted octanol–water partition coefficient (Wildman–Crippen LogP) is 4.46. The number of carbonyl (C=O) groups excluding carboxylic acids is 1. The van der Waals surface area contributed by atoms with E-state index in [9.17, 15) is 9.18 Å². The van der Waals surface area contributed by atoms with E-state index in [4.69, 9.17) is 16.3 Å². The highest BCUT2D eigenvalue weighted by atomic mass is 35.5. The van der Waals surface area contributed by atoms with Gasteiger partial charge < -0.3 is 15.4 Å². The molecule has 7 heteroatoms. The number of carbonyl (C=O) groups is 1. The molecule has 1 aromatic carbocycles. The minimum atomic E-state index is -0.561. The molecule has 1 atom stereocenters. The van der Waals surface area contributed by atoms with E-state index in [1.165, 1.54) is 6.07 Å². The van der Waals surface area contributed by atoms with Crippen molar-refractivity contribution in [3.63, 3.8) is 0 Å². The molecule has 1 aliphatic rings. The van der Waals surface area contributed by atoms with Crippen molar-refractivity contribution in [3.05, 3.63) is 52.4 Å². The maximum Gasteiger partial charge on any atom is 0.319 e. The minimum absolute atomic E-state index is 0.0211. The molecule has 2 aromatic rings. The zero-order chi connectivity index (χ0) is 18.0. The summed E-state index contributed by atoms with van der Waals surface area (Å²) in [4.78, 5) is 16.5.